The predicted octanol–water partition coefficient (Wildman–Crippen LogP) is 16.0. The summed E-state index contributed by atoms with van der Waals surface area (Å²) < 4.78 is 340. The third-order valence-corrected chi connectivity index (χ3v) is 8.63. The van der Waals surface area contributed by atoms with Gasteiger partial charge in [0, 0.05) is 39.3 Å². The topological polar surface area (TPSA) is 16.4 Å². The van der Waals surface area contributed by atoms with Gasteiger partial charge in [0.05, 0.1) is 50.7 Å². The number of fused-ring (bicyclic) bond motifs is 6. The summed E-state index contributed by atoms with van der Waals surface area (Å²) >= 11 is 0. The zero-order valence-electron chi connectivity index (χ0n) is 65.9. The number of rotatable bonds is 7. The van der Waals surface area contributed by atoms with E-state index >= 15 is 0 Å². The quantitative estimate of drug-likeness (QED) is 0.160. The Balaban J connectivity index is 1.30. The van der Waals surface area contributed by atoms with Gasteiger partial charge < -0.3 is 9.32 Å². The van der Waals surface area contributed by atoms with E-state index in [0.717, 1.165) is 0 Å². The van der Waals surface area contributed by atoms with E-state index in [2.05, 4.69) is 0 Å². The van der Waals surface area contributed by atoms with Crippen LogP contribution in [0.4, 0.5) is 17.1 Å². The number of anilines is 3. The van der Waals surface area contributed by atoms with Crippen LogP contribution in [0.25, 0.3) is 88.0 Å². The Hall–Kier alpha value is -7.68. The third-order valence-electron chi connectivity index (χ3n) is 8.63. The second-order valence-electron chi connectivity index (χ2n) is 12.0. The predicted molar refractivity (Wildman–Crippen MR) is 245 cm³/mol. The van der Waals surface area contributed by atoms with E-state index in [0.29, 0.717) is 4.90 Å². The van der Waals surface area contributed by atoms with Crippen LogP contribution >= 0.6 is 0 Å². The van der Waals surface area contributed by atoms with E-state index in [-0.39, 0.29) is 0 Å². The summed E-state index contributed by atoms with van der Waals surface area (Å²) in [6.07, 6.45) is 0. The molecule has 0 radical (unpaired) electrons. The van der Waals surface area contributed by atoms with Crippen LogP contribution in [0.3, 0.4) is 0 Å². The molecule has 0 unspecified atom stereocenters. The Morgan fingerprint density at radius 1 is 0.310 bits per heavy atom. The largest absolute Gasteiger partial charge is 0.455 e. The van der Waals surface area contributed by atoms with Gasteiger partial charge in [0.1, 0.15) is 11.2 Å². The van der Waals surface area contributed by atoms with Gasteiger partial charge in [0.25, 0.3) is 0 Å². The summed E-state index contributed by atoms with van der Waals surface area (Å²) in [5, 5.41) is -4.62. The first kappa shape index (κ1) is 12.9. The molecular formula is C56H37NO. The van der Waals surface area contributed by atoms with Gasteiger partial charge in [-0.3, -0.25) is 0 Å². The molecular weight excluding hydrogens is 703 g/mol. The van der Waals surface area contributed by atoms with Gasteiger partial charge in [-0.25, -0.2) is 0 Å². The number of nitrogens with zero attached hydrogens (tertiary/aromatic N) is 1. The lowest BCUT2D eigenvalue weighted by Gasteiger charge is -2.26. The summed E-state index contributed by atoms with van der Waals surface area (Å²) in [6, 6.07) is -39.6. The molecule has 0 aliphatic carbocycles. The molecule has 0 spiro atoms. The van der Waals surface area contributed by atoms with Crippen molar-refractivity contribution >= 4 is 60.5 Å². The first-order chi connectivity index (χ1) is 44.2. The molecule has 11 rings (SSSR count). The van der Waals surface area contributed by atoms with Crippen LogP contribution in [-0.4, -0.2) is 0 Å². The van der Waals surface area contributed by atoms with E-state index in [9.17, 15) is 20.6 Å². The molecule has 2 nitrogen and oxygen atoms in total. The van der Waals surface area contributed by atoms with Gasteiger partial charge in [0.2, 0.25) is 0 Å². The second kappa shape index (κ2) is 14.1. The van der Waals surface area contributed by atoms with Crippen LogP contribution in [0.5, 0.6) is 0 Å². The van der Waals surface area contributed by atoms with Crippen LogP contribution in [0.1, 0.15) is 50.7 Å². The molecule has 1 heterocycles. The summed E-state index contributed by atoms with van der Waals surface area (Å²) in [4.78, 5) is 0.314. The molecule has 10 aromatic carbocycles. The zero-order chi connectivity index (χ0) is 70.6. The standard InChI is InChI=1S/C56H37NO/c1-3-12-38(13-4-1)41-22-24-42(25-23-41)43-26-29-47(30-27-43)57(48-31-28-40-16-7-8-17-45(40)35-48)49-32-33-51-54-37-53(46-19-11-18-44(34-46)39-14-5-2-6-15-39)50-20-9-10-21-52(50)56(54)58-55(51)36-49/h1-37H/i1D,2D,3D,4D,5D,6D,7D,8D,9D,10D,11D,12D,13D,14D,15D,16D,17D,18D,19D,20D,21D,22D,23D,24D,25D,26D,27D,28D,29D,30D,31D,32D,33D,34D,35D,36D,37D. The lowest BCUT2D eigenvalue weighted by Crippen LogP contribution is -2.09. The number of hydrogen-bond donors (Lipinski definition) is 0. The summed E-state index contributed by atoms with van der Waals surface area (Å²) in [5.74, 6) is 0. The highest BCUT2D eigenvalue weighted by Crippen LogP contribution is 2.44. The molecule has 0 atom stereocenters. The summed E-state index contributed by atoms with van der Waals surface area (Å²) in [7, 11) is 0. The van der Waals surface area contributed by atoms with Gasteiger partial charge in [-0.1, -0.05) is 169 Å². The van der Waals surface area contributed by atoms with Crippen molar-refractivity contribution in [3.63, 3.8) is 0 Å². The monoisotopic (exact) mass is 777 g/mol. The molecule has 0 bridgehead atoms. The summed E-state index contributed by atoms with van der Waals surface area (Å²) in [5.41, 5.74) is -12.4. The molecule has 0 fully saturated rings. The van der Waals surface area contributed by atoms with Crippen molar-refractivity contribution < 1.29 is 55.1 Å². The maximum absolute atomic E-state index is 10.0. The van der Waals surface area contributed by atoms with E-state index in [4.69, 9.17) is 34.6 Å². The summed E-state index contributed by atoms with van der Waals surface area (Å²) in [6.45, 7) is 0. The highest BCUT2D eigenvalue weighted by Gasteiger charge is 2.19. The van der Waals surface area contributed by atoms with Crippen molar-refractivity contribution in [1.29, 1.82) is 0 Å². The van der Waals surface area contributed by atoms with Gasteiger partial charge in [-0.05, 0) is 109 Å². The van der Waals surface area contributed by atoms with Gasteiger partial charge >= 0.3 is 0 Å². The Labute approximate surface area is 389 Å². The highest BCUT2D eigenvalue weighted by atomic mass is 16.3. The van der Waals surface area contributed by atoms with Crippen molar-refractivity contribution in [3.8, 4) is 44.5 Å². The maximum Gasteiger partial charge on any atom is 0.143 e. The van der Waals surface area contributed by atoms with Crippen molar-refractivity contribution in [2.75, 3.05) is 4.90 Å². The van der Waals surface area contributed by atoms with Crippen molar-refractivity contribution in [1.82, 2.24) is 0 Å². The Bertz CT molecular complexity index is 5350. The SMILES string of the molecule is [2H]c1c([2H])c([2H])c(-c2c([2H])c([2H])c(-c3c([2H])c([2H])c(N(c4c([2H])c([2H])c5c(oc6c7c([2H])c([2H])c([2H])c([2H])c7c(-c7c([2H])c([2H])c([2H])c(-c8c([2H])c([2H])c([2H])c([2H])c8[2H])c7[2H])c([2H])c65)c4[2H])c4c([2H])c([2H])c5c([2H])c([2H])c([2H])c([2H])c5c4[2H])c([2H])c3[2H])c([2H])c2[2H])c([2H])c1[2H]. The Kier molecular flexibility index (Phi) is 3.15. The van der Waals surface area contributed by atoms with Crippen LogP contribution in [0.15, 0.2) is 228 Å². The molecule has 0 N–H and O–H groups in total. The van der Waals surface area contributed by atoms with Crippen LogP contribution in [0, 0.1) is 0 Å². The number of hydrogen-bond acceptors (Lipinski definition) is 2. The minimum atomic E-state index is -1.35. The van der Waals surface area contributed by atoms with E-state index in [1.807, 2.05) is 0 Å². The number of furan rings is 1. The van der Waals surface area contributed by atoms with E-state index in [1.54, 1.807) is 0 Å². The number of benzene rings is 10. The molecule has 11 aromatic rings. The second-order valence-corrected chi connectivity index (χ2v) is 12.0. The average Bonchev–Trinajstić information content (AvgIpc) is 1.66. The molecule has 272 valence electrons. The van der Waals surface area contributed by atoms with E-state index in [1.165, 1.54) is 0 Å². The highest BCUT2D eigenvalue weighted by molar-refractivity contribution is 6.19. The maximum atomic E-state index is 10.0. The smallest absolute Gasteiger partial charge is 0.143 e. The molecule has 0 saturated carbocycles. The Morgan fingerprint density at radius 3 is 1.55 bits per heavy atom. The van der Waals surface area contributed by atoms with E-state index < -0.39 is 329 Å². The first-order valence-corrected chi connectivity index (χ1v) is 16.8. The average molecular weight is 777 g/mol. The molecule has 1 aromatic heterocycles. The minimum Gasteiger partial charge on any atom is -0.455 e. The molecule has 0 amide bonds. The van der Waals surface area contributed by atoms with Crippen molar-refractivity contribution in [3.05, 3.63) is 224 Å². The third kappa shape index (κ3) is 6.00. The fraction of sp³-hybridized carbons (Fsp3) is 0. The minimum absolute atomic E-state index is 0.314. The normalized spacial score (nSPS) is 20.4. The lowest BCUT2D eigenvalue weighted by atomic mass is 9.93. The molecule has 0 saturated heterocycles. The fourth-order valence-electron chi connectivity index (χ4n) is 6.02. The first-order valence-electron chi connectivity index (χ1n) is 35.3. The molecule has 0 aliphatic rings. The van der Waals surface area contributed by atoms with Crippen LogP contribution in [-0.2, 0) is 0 Å². The van der Waals surface area contributed by atoms with Gasteiger partial charge in [0.15, 0.2) is 0 Å². The van der Waals surface area contributed by atoms with Crippen molar-refractivity contribution in [2.45, 2.75) is 0 Å². The van der Waals surface area contributed by atoms with Crippen LogP contribution < -0.4 is 4.90 Å². The zero-order valence-corrected chi connectivity index (χ0v) is 28.9. The van der Waals surface area contributed by atoms with Gasteiger partial charge in [-0.15, -0.1) is 0 Å². The lowest BCUT2D eigenvalue weighted by molar-refractivity contribution is 0.673. The van der Waals surface area contributed by atoms with Gasteiger partial charge in [-0.2, -0.15) is 0 Å². The van der Waals surface area contributed by atoms with Crippen molar-refractivity contribution in [2.24, 2.45) is 0 Å². The molecule has 2 heteroatoms. The van der Waals surface area contributed by atoms with Crippen LogP contribution in [0.2, 0.25) is 0 Å². The molecule has 58 heavy (non-hydrogen) atoms. The fourth-order valence-corrected chi connectivity index (χ4v) is 6.02. The Morgan fingerprint density at radius 2 is 0.828 bits per heavy atom. The molecule has 0 aliphatic heterocycles.